The minimum Gasteiger partial charge on any atom is -0.444 e. The van der Waals surface area contributed by atoms with Crippen LogP contribution in [0.15, 0.2) is 36.4 Å². The molecule has 1 aliphatic rings. The molecule has 0 unspecified atom stereocenters. The predicted octanol–water partition coefficient (Wildman–Crippen LogP) is 3.94. The summed E-state index contributed by atoms with van der Waals surface area (Å²) in [6, 6.07) is 7.26. The highest BCUT2D eigenvalue weighted by molar-refractivity contribution is 5.98. The largest absolute Gasteiger partial charge is 0.444 e. The normalized spacial score (nSPS) is 14.8. The fourth-order valence-electron chi connectivity index (χ4n) is 3.79. The molecule has 1 aliphatic heterocycles. The van der Waals surface area contributed by atoms with Gasteiger partial charge in [-0.3, -0.25) is 9.59 Å². The number of ether oxygens (including phenoxy) is 1. The van der Waals surface area contributed by atoms with E-state index >= 15 is 0 Å². The first-order valence-corrected chi connectivity index (χ1v) is 11.1. The summed E-state index contributed by atoms with van der Waals surface area (Å²) in [5.74, 6) is -4.38. The topological polar surface area (TPSA) is 79.0 Å². The number of nitrogens with one attached hydrogen (secondary N) is 1. The third-order valence-electron chi connectivity index (χ3n) is 5.46. The number of anilines is 1. The van der Waals surface area contributed by atoms with Crippen LogP contribution < -0.4 is 10.2 Å². The van der Waals surface area contributed by atoms with E-state index in [1.165, 1.54) is 9.80 Å². The Balaban J connectivity index is 1.83. The molecule has 0 spiro atoms. The molecule has 0 aromatic heterocycles. The first kappa shape index (κ1) is 26.1. The number of halogens is 3. The van der Waals surface area contributed by atoms with E-state index in [1.54, 1.807) is 52.1 Å². The Morgan fingerprint density at radius 2 is 1.71 bits per heavy atom. The number of benzene rings is 2. The van der Waals surface area contributed by atoms with Crippen LogP contribution in [0.4, 0.5) is 23.7 Å². The Bertz CT molecular complexity index is 1130. The SMILES string of the molecule is CN1C(=O)CN(C(=O)C[C@@H](Cc2cc(F)c(F)cc2F)NC(=O)OC(C)(C)C)Cc2ccccc21. The van der Waals surface area contributed by atoms with Gasteiger partial charge in [-0.25, -0.2) is 18.0 Å². The third-order valence-corrected chi connectivity index (χ3v) is 5.46. The summed E-state index contributed by atoms with van der Waals surface area (Å²) in [4.78, 5) is 41.1. The van der Waals surface area contributed by atoms with Gasteiger partial charge in [0.05, 0.1) is 0 Å². The number of alkyl carbamates (subject to hydrolysis) is 1. The molecule has 7 nitrogen and oxygen atoms in total. The Hall–Kier alpha value is -3.56. The number of amides is 3. The zero-order valence-electron chi connectivity index (χ0n) is 20.0. The smallest absolute Gasteiger partial charge is 0.407 e. The van der Waals surface area contributed by atoms with E-state index in [0.717, 1.165) is 5.56 Å². The van der Waals surface area contributed by atoms with Crippen molar-refractivity contribution >= 4 is 23.6 Å². The lowest BCUT2D eigenvalue weighted by molar-refractivity contribution is -0.136. The molecule has 1 heterocycles. The third kappa shape index (κ3) is 6.74. The minimum absolute atomic E-state index is 0.157. The van der Waals surface area contributed by atoms with E-state index < -0.39 is 41.1 Å². The van der Waals surface area contributed by atoms with Crippen molar-refractivity contribution in [2.75, 3.05) is 18.5 Å². The second-order valence-corrected chi connectivity index (χ2v) is 9.44. The molecule has 35 heavy (non-hydrogen) atoms. The summed E-state index contributed by atoms with van der Waals surface area (Å²) in [7, 11) is 1.62. The molecule has 0 saturated heterocycles. The minimum atomic E-state index is -1.34. The Kier molecular flexibility index (Phi) is 7.72. The molecule has 2 aromatic rings. The number of hydrogen-bond acceptors (Lipinski definition) is 4. The monoisotopic (exact) mass is 491 g/mol. The molecule has 0 saturated carbocycles. The maximum absolute atomic E-state index is 14.3. The summed E-state index contributed by atoms with van der Waals surface area (Å²) in [5, 5.41) is 2.52. The zero-order valence-corrected chi connectivity index (χ0v) is 20.0. The Morgan fingerprint density at radius 1 is 1.06 bits per heavy atom. The second-order valence-electron chi connectivity index (χ2n) is 9.44. The lowest BCUT2D eigenvalue weighted by Gasteiger charge is -2.26. The van der Waals surface area contributed by atoms with Gasteiger partial charge in [-0.2, -0.15) is 0 Å². The molecule has 3 amide bonds. The first-order valence-electron chi connectivity index (χ1n) is 11.1. The highest BCUT2D eigenvalue weighted by atomic mass is 19.2. The van der Waals surface area contributed by atoms with Crippen LogP contribution in [-0.2, 0) is 27.3 Å². The molecule has 0 fully saturated rings. The summed E-state index contributed by atoms with van der Waals surface area (Å²) >= 11 is 0. The highest BCUT2D eigenvalue weighted by Gasteiger charge is 2.30. The summed E-state index contributed by atoms with van der Waals surface area (Å²) in [6.45, 7) is 4.92. The van der Waals surface area contributed by atoms with Crippen molar-refractivity contribution in [2.24, 2.45) is 0 Å². The van der Waals surface area contributed by atoms with E-state index in [-0.39, 0.29) is 37.4 Å². The Morgan fingerprint density at radius 3 is 2.40 bits per heavy atom. The van der Waals surface area contributed by atoms with Gasteiger partial charge in [-0.1, -0.05) is 18.2 Å². The molecular formula is C25H28F3N3O4. The lowest BCUT2D eigenvalue weighted by atomic mass is 10.0. The van der Waals surface area contributed by atoms with Crippen molar-refractivity contribution in [3.05, 3.63) is 65.0 Å². The van der Waals surface area contributed by atoms with Crippen molar-refractivity contribution in [1.82, 2.24) is 10.2 Å². The number of carbonyl (C=O) groups is 3. The molecule has 0 radical (unpaired) electrons. The quantitative estimate of drug-likeness (QED) is 0.643. The van der Waals surface area contributed by atoms with Crippen molar-refractivity contribution in [3.63, 3.8) is 0 Å². The predicted molar refractivity (Wildman–Crippen MR) is 123 cm³/mol. The van der Waals surface area contributed by atoms with Gasteiger partial charge in [0.25, 0.3) is 0 Å². The van der Waals surface area contributed by atoms with Gasteiger partial charge in [0.15, 0.2) is 11.6 Å². The molecule has 3 rings (SSSR count). The van der Waals surface area contributed by atoms with Gasteiger partial charge in [0, 0.05) is 37.8 Å². The fraction of sp³-hybridized carbons (Fsp3) is 0.400. The van der Waals surface area contributed by atoms with Crippen LogP contribution in [0.2, 0.25) is 0 Å². The lowest BCUT2D eigenvalue weighted by Crippen LogP contribution is -2.45. The van der Waals surface area contributed by atoms with Crippen molar-refractivity contribution in [1.29, 1.82) is 0 Å². The van der Waals surface area contributed by atoms with E-state index in [0.29, 0.717) is 17.8 Å². The van der Waals surface area contributed by atoms with Gasteiger partial charge in [0.1, 0.15) is 18.0 Å². The first-order chi connectivity index (χ1) is 16.3. The van der Waals surface area contributed by atoms with Crippen LogP contribution in [0.25, 0.3) is 0 Å². The van der Waals surface area contributed by atoms with Gasteiger partial charge in [0.2, 0.25) is 11.8 Å². The number of likely N-dealkylation sites (N-methyl/N-ethyl adjacent to an activating group) is 1. The number of rotatable bonds is 5. The van der Waals surface area contributed by atoms with Gasteiger partial charge < -0.3 is 19.9 Å². The summed E-state index contributed by atoms with van der Waals surface area (Å²) in [6.07, 6.45) is -1.47. The fourth-order valence-corrected chi connectivity index (χ4v) is 3.79. The Labute approximate surface area is 201 Å². The van der Waals surface area contributed by atoms with Crippen molar-refractivity contribution in [3.8, 4) is 0 Å². The number of hydrogen-bond donors (Lipinski definition) is 1. The van der Waals surface area contributed by atoms with Gasteiger partial charge >= 0.3 is 6.09 Å². The molecule has 1 N–H and O–H groups in total. The van der Waals surface area contributed by atoms with E-state index in [2.05, 4.69) is 5.32 Å². The van der Waals surface area contributed by atoms with Crippen LogP contribution in [0, 0.1) is 17.5 Å². The average Bonchev–Trinajstić information content (AvgIpc) is 2.87. The van der Waals surface area contributed by atoms with Crippen molar-refractivity contribution < 1.29 is 32.3 Å². The number of nitrogens with zero attached hydrogens (tertiary/aromatic N) is 2. The summed E-state index contributed by atoms with van der Waals surface area (Å²) in [5.41, 5.74) is 0.393. The molecular weight excluding hydrogens is 463 g/mol. The van der Waals surface area contributed by atoms with Crippen LogP contribution >= 0.6 is 0 Å². The van der Waals surface area contributed by atoms with Crippen molar-refractivity contribution in [2.45, 2.75) is 51.8 Å². The van der Waals surface area contributed by atoms with E-state index in [1.807, 2.05) is 0 Å². The summed E-state index contributed by atoms with van der Waals surface area (Å²) < 4.78 is 46.7. The van der Waals surface area contributed by atoms with Gasteiger partial charge in [-0.05, 0) is 50.5 Å². The number of fused-ring (bicyclic) bond motifs is 1. The highest BCUT2D eigenvalue weighted by Crippen LogP contribution is 2.25. The van der Waals surface area contributed by atoms with Crippen LogP contribution in [0.1, 0.15) is 38.3 Å². The molecule has 188 valence electrons. The molecule has 0 aliphatic carbocycles. The standard InChI is InChI=1S/C25H28F3N3O4/c1-25(2,3)35-24(34)29-17(9-16-10-19(27)20(28)12-18(16)26)11-22(32)31-13-15-7-5-6-8-21(15)30(4)23(33)14-31/h5-8,10,12,17H,9,11,13-14H2,1-4H3,(H,29,34)/t17-/m1/s1. The van der Waals surface area contributed by atoms with E-state index in [4.69, 9.17) is 4.74 Å². The maximum atomic E-state index is 14.3. The van der Waals surface area contributed by atoms with Gasteiger partial charge in [-0.15, -0.1) is 0 Å². The molecule has 2 aromatic carbocycles. The van der Waals surface area contributed by atoms with Crippen LogP contribution in [0.5, 0.6) is 0 Å². The van der Waals surface area contributed by atoms with Crippen LogP contribution in [-0.4, -0.2) is 48.0 Å². The maximum Gasteiger partial charge on any atom is 0.407 e. The number of carbonyl (C=O) groups excluding carboxylic acids is 3. The van der Waals surface area contributed by atoms with Crippen LogP contribution in [0.3, 0.4) is 0 Å². The molecule has 10 heteroatoms. The zero-order chi connectivity index (χ0) is 25.9. The van der Waals surface area contributed by atoms with E-state index in [9.17, 15) is 27.6 Å². The second kappa shape index (κ2) is 10.4. The molecule has 0 bridgehead atoms. The molecule has 1 atom stereocenters. The number of para-hydroxylation sites is 1. The average molecular weight is 492 g/mol.